The molecule has 2 N–H and O–H groups in total. The molecule has 2 aliphatic carbocycles. The van der Waals surface area contributed by atoms with E-state index in [0.29, 0.717) is 11.2 Å². The Morgan fingerprint density at radius 1 is 1.35 bits per heavy atom. The summed E-state index contributed by atoms with van der Waals surface area (Å²) in [7, 11) is 0. The van der Waals surface area contributed by atoms with E-state index in [4.69, 9.17) is 0 Å². The van der Waals surface area contributed by atoms with E-state index in [1.807, 2.05) is 18.2 Å². The van der Waals surface area contributed by atoms with Gasteiger partial charge in [0.25, 0.3) is 0 Å². The molecule has 1 aromatic rings. The summed E-state index contributed by atoms with van der Waals surface area (Å²) in [6.07, 6.45) is 5.66. The molecule has 0 spiro atoms. The van der Waals surface area contributed by atoms with Crippen molar-refractivity contribution in [1.82, 2.24) is 5.32 Å². The van der Waals surface area contributed by atoms with Gasteiger partial charge in [0.05, 0.1) is 4.47 Å². The third kappa shape index (κ3) is 2.36. The van der Waals surface area contributed by atoms with Crippen LogP contribution in [0.15, 0.2) is 22.7 Å². The van der Waals surface area contributed by atoms with E-state index in [1.54, 1.807) is 0 Å². The van der Waals surface area contributed by atoms with Crippen molar-refractivity contribution in [1.29, 1.82) is 0 Å². The van der Waals surface area contributed by atoms with Crippen molar-refractivity contribution >= 4 is 15.9 Å². The highest BCUT2D eigenvalue weighted by Gasteiger charge is 2.53. The topological polar surface area (TPSA) is 32.3 Å². The summed E-state index contributed by atoms with van der Waals surface area (Å²) in [6.45, 7) is 1.88. The van der Waals surface area contributed by atoms with E-state index in [1.165, 1.54) is 25.7 Å². The molecular weight excluding hydrogens is 278 g/mol. The predicted octanol–water partition coefficient (Wildman–Crippen LogP) is 3.43. The minimum Gasteiger partial charge on any atom is -0.506 e. The monoisotopic (exact) mass is 295 g/mol. The van der Waals surface area contributed by atoms with Crippen LogP contribution < -0.4 is 5.32 Å². The third-order valence-corrected chi connectivity index (χ3v) is 4.84. The van der Waals surface area contributed by atoms with Crippen LogP contribution in [0.4, 0.5) is 0 Å². The van der Waals surface area contributed by atoms with Gasteiger partial charge in [0, 0.05) is 18.7 Å². The second-order valence-electron chi connectivity index (χ2n) is 5.49. The predicted molar refractivity (Wildman–Crippen MR) is 71.9 cm³/mol. The van der Waals surface area contributed by atoms with Crippen molar-refractivity contribution < 1.29 is 5.11 Å². The van der Waals surface area contributed by atoms with Gasteiger partial charge in [-0.15, -0.1) is 0 Å². The number of phenolic OH excluding ortho intramolecular Hbond substituents is 1. The van der Waals surface area contributed by atoms with Gasteiger partial charge in [-0.2, -0.15) is 0 Å². The molecule has 0 amide bonds. The first kappa shape index (κ1) is 11.5. The van der Waals surface area contributed by atoms with Gasteiger partial charge in [0.2, 0.25) is 0 Å². The van der Waals surface area contributed by atoms with Gasteiger partial charge in [-0.3, -0.25) is 0 Å². The molecule has 1 aromatic carbocycles. The molecule has 0 heterocycles. The average molecular weight is 296 g/mol. The van der Waals surface area contributed by atoms with Gasteiger partial charge in [0.15, 0.2) is 0 Å². The molecular formula is C14H18BrNO. The Balaban J connectivity index is 1.55. The number of nitrogens with one attached hydrogen (secondary N) is 1. The van der Waals surface area contributed by atoms with Crippen LogP contribution in [-0.2, 0) is 6.54 Å². The zero-order chi connectivity index (χ0) is 11.9. The van der Waals surface area contributed by atoms with Crippen molar-refractivity contribution in [3.63, 3.8) is 0 Å². The SMILES string of the molecule is Oc1c(Br)cccc1CNCC1(C2CC2)CC1. The number of halogens is 1. The van der Waals surface area contributed by atoms with Crippen LogP contribution >= 0.6 is 15.9 Å². The molecule has 3 heteroatoms. The first-order valence-corrected chi connectivity index (χ1v) is 7.18. The van der Waals surface area contributed by atoms with Crippen LogP contribution in [0.3, 0.4) is 0 Å². The van der Waals surface area contributed by atoms with Crippen molar-refractivity contribution in [2.45, 2.75) is 32.2 Å². The number of hydrogen-bond acceptors (Lipinski definition) is 2. The number of hydrogen-bond donors (Lipinski definition) is 2. The molecule has 92 valence electrons. The summed E-state index contributed by atoms with van der Waals surface area (Å²) >= 11 is 3.35. The maximum Gasteiger partial charge on any atom is 0.134 e. The van der Waals surface area contributed by atoms with Crippen molar-refractivity contribution in [2.75, 3.05) is 6.54 Å². The fraction of sp³-hybridized carbons (Fsp3) is 0.571. The molecule has 0 radical (unpaired) electrons. The van der Waals surface area contributed by atoms with Gasteiger partial charge in [-0.25, -0.2) is 0 Å². The second kappa shape index (κ2) is 4.29. The van der Waals surface area contributed by atoms with Gasteiger partial charge < -0.3 is 10.4 Å². The Hall–Kier alpha value is -0.540. The van der Waals surface area contributed by atoms with E-state index in [-0.39, 0.29) is 0 Å². The molecule has 3 rings (SSSR count). The summed E-state index contributed by atoms with van der Waals surface area (Å²) < 4.78 is 0.778. The summed E-state index contributed by atoms with van der Waals surface area (Å²) in [5.74, 6) is 1.36. The molecule has 0 unspecified atom stereocenters. The lowest BCUT2D eigenvalue weighted by Crippen LogP contribution is -2.25. The fourth-order valence-corrected chi connectivity index (χ4v) is 3.14. The lowest BCUT2D eigenvalue weighted by Gasteiger charge is -2.15. The van der Waals surface area contributed by atoms with E-state index >= 15 is 0 Å². The van der Waals surface area contributed by atoms with Crippen LogP contribution in [0.25, 0.3) is 0 Å². The second-order valence-corrected chi connectivity index (χ2v) is 6.34. The molecule has 17 heavy (non-hydrogen) atoms. The molecule has 2 saturated carbocycles. The zero-order valence-electron chi connectivity index (χ0n) is 9.88. The smallest absolute Gasteiger partial charge is 0.134 e. The Labute approximate surface area is 111 Å². The maximum absolute atomic E-state index is 9.88. The van der Waals surface area contributed by atoms with Crippen LogP contribution in [0, 0.1) is 11.3 Å². The molecule has 0 saturated heterocycles. The number of phenols is 1. The highest BCUT2D eigenvalue weighted by atomic mass is 79.9. The molecule has 2 nitrogen and oxygen atoms in total. The first-order chi connectivity index (χ1) is 8.21. The minimum absolute atomic E-state index is 0.372. The summed E-state index contributed by atoms with van der Waals surface area (Å²) in [4.78, 5) is 0. The van der Waals surface area contributed by atoms with Gasteiger partial charge in [-0.1, -0.05) is 12.1 Å². The highest BCUT2D eigenvalue weighted by Crippen LogP contribution is 2.60. The number of aromatic hydroxyl groups is 1. The van der Waals surface area contributed by atoms with E-state index < -0.39 is 0 Å². The van der Waals surface area contributed by atoms with Crippen molar-refractivity contribution in [2.24, 2.45) is 11.3 Å². The lowest BCUT2D eigenvalue weighted by atomic mass is 10.0. The van der Waals surface area contributed by atoms with Crippen molar-refractivity contribution in [3.05, 3.63) is 28.2 Å². The Bertz CT molecular complexity index is 424. The first-order valence-electron chi connectivity index (χ1n) is 6.38. The fourth-order valence-electron chi connectivity index (χ4n) is 2.73. The zero-order valence-corrected chi connectivity index (χ0v) is 11.5. The van der Waals surface area contributed by atoms with Gasteiger partial charge >= 0.3 is 0 Å². The summed E-state index contributed by atoms with van der Waals surface area (Å²) in [5, 5.41) is 13.4. The minimum atomic E-state index is 0.372. The maximum atomic E-state index is 9.88. The van der Waals surface area contributed by atoms with Crippen LogP contribution in [0.5, 0.6) is 5.75 Å². The highest BCUT2D eigenvalue weighted by molar-refractivity contribution is 9.10. The normalized spacial score (nSPS) is 21.5. The number of para-hydroxylation sites is 1. The molecule has 0 atom stereocenters. The quantitative estimate of drug-likeness (QED) is 0.872. The van der Waals surface area contributed by atoms with Crippen LogP contribution in [0.2, 0.25) is 0 Å². The van der Waals surface area contributed by atoms with Crippen molar-refractivity contribution in [3.8, 4) is 5.75 Å². The molecule has 0 aliphatic heterocycles. The summed E-state index contributed by atoms with van der Waals surface area (Å²) in [5.41, 5.74) is 1.60. The van der Waals surface area contributed by atoms with Crippen LogP contribution in [0.1, 0.15) is 31.2 Å². The molecule has 0 bridgehead atoms. The van der Waals surface area contributed by atoms with E-state index in [9.17, 15) is 5.11 Å². The molecule has 2 fully saturated rings. The third-order valence-electron chi connectivity index (χ3n) is 4.20. The lowest BCUT2D eigenvalue weighted by molar-refractivity contribution is 0.399. The standard InChI is InChI=1S/C14H18BrNO/c15-12-3-1-2-10(13(12)17)8-16-9-14(6-7-14)11-4-5-11/h1-3,11,16-17H,4-9H2. The number of benzene rings is 1. The van der Waals surface area contributed by atoms with Crippen LogP contribution in [-0.4, -0.2) is 11.7 Å². The molecule has 0 aromatic heterocycles. The Kier molecular flexibility index (Phi) is 2.91. The Morgan fingerprint density at radius 2 is 2.12 bits per heavy atom. The average Bonchev–Trinajstić information content (AvgIpc) is 3.14. The van der Waals surface area contributed by atoms with E-state index in [2.05, 4.69) is 21.2 Å². The largest absolute Gasteiger partial charge is 0.506 e. The molecule has 2 aliphatic rings. The van der Waals surface area contributed by atoms with E-state index in [0.717, 1.165) is 29.0 Å². The van der Waals surface area contributed by atoms with Gasteiger partial charge in [-0.05, 0) is 59.0 Å². The Morgan fingerprint density at radius 3 is 2.76 bits per heavy atom. The summed E-state index contributed by atoms with van der Waals surface area (Å²) in [6, 6.07) is 5.81. The van der Waals surface area contributed by atoms with Gasteiger partial charge in [0.1, 0.15) is 5.75 Å². The number of rotatable bonds is 5.